The highest BCUT2D eigenvalue weighted by Crippen LogP contribution is 2.33. The van der Waals surface area contributed by atoms with Crippen LogP contribution in [0.4, 0.5) is 0 Å². The monoisotopic (exact) mass is 349 g/mol. The molecule has 0 radical (unpaired) electrons. The fourth-order valence-corrected chi connectivity index (χ4v) is 3.82. The van der Waals surface area contributed by atoms with Gasteiger partial charge in [0, 0.05) is 12.1 Å². The predicted octanol–water partition coefficient (Wildman–Crippen LogP) is 3.65. The molecular weight excluding hydrogens is 322 g/mol. The van der Waals surface area contributed by atoms with E-state index in [0.717, 1.165) is 25.5 Å². The first kappa shape index (κ1) is 18.9. The maximum atomic E-state index is 11.9. The van der Waals surface area contributed by atoms with Crippen molar-refractivity contribution < 1.29 is 13.2 Å². The molecule has 1 aliphatic carbocycles. The molecule has 0 aliphatic heterocycles. The van der Waals surface area contributed by atoms with Gasteiger partial charge < -0.3 is 0 Å². The van der Waals surface area contributed by atoms with Crippen LogP contribution in [0.25, 0.3) is 5.57 Å². The minimum atomic E-state index is -3.19. The molecule has 0 fully saturated rings. The van der Waals surface area contributed by atoms with Crippen molar-refractivity contribution in [1.29, 1.82) is 0 Å². The van der Waals surface area contributed by atoms with E-state index in [2.05, 4.69) is 17.7 Å². The standard InChI is InChI=1S/C19H27NO3S/c1-14(2)24(22,23)20-12-15(3)17-8-10-19(11-9-17)18-6-4-16(13-21)5-7-18/h4-7,10,13-15,17,20H,8-9,11-12H2,1-3H3. The maximum absolute atomic E-state index is 11.9. The molecule has 0 amide bonds. The Morgan fingerprint density at radius 1 is 1.21 bits per heavy atom. The second kappa shape index (κ2) is 8.08. The van der Waals surface area contributed by atoms with E-state index in [-0.39, 0.29) is 0 Å². The van der Waals surface area contributed by atoms with Gasteiger partial charge in [-0.2, -0.15) is 0 Å². The summed E-state index contributed by atoms with van der Waals surface area (Å²) in [5.41, 5.74) is 3.19. The number of rotatable bonds is 7. The van der Waals surface area contributed by atoms with E-state index in [1.54, 1.807) is 13.8 Å². The summed E-state index contributed by atoms with van der Waals surface area (Å²) in [6.45, 7) is 6.00. The Bertz CT molecular complexity index is 690. The van der Waals surface area contributed by atoms with Gasteiger partial charge in [0.2, 0.25) is 10.0 Å². The summed E-state index contributed by atoms with van der Waals surface area (Å²) < 4.78 is 26.4. The zero-order valence-corrected chi connectivity index (χ0v) is 15.5. The van der Waals surface area contributed by atoms with Crippen LogP contribution in [0.15, 0.2) is 30.3 Å². The molecule has 4 nitrogen and oxygen atoms in total. The van der Waals surface area contributed by atoms with Crippen LogP contribution in [0.5, 0.6) is 0 Å². The third-order valence-corrected chi connectivity index (χ3v) is 6.71. The zero-order chi connectivity index (χ0) is 17.7. The number of allylic oxidation sites excluding steroid dienone is 2. The minimum Gasteiger partial charge on any atom is -0.298 e. The van der Waals surface area contributed by atoms with Crippen LogP contribution >= 0.6 is 0 Å². The van der Waals surface area contributed by atoms with Gasteiger partial charge in [0.1, 0.15) is 6.29 Å². The lowest BCUT2D eigenvalue weighted by Gasteiger charge is -2.28. The Morgan fingerprint density at radius 2 is 1.88 bits per heavy atom. The van der Waals surface area contributed by atoms with Crippen molar-refractivity contribution in [3.05, 3.63) is 41.5 Å². The van der Waals surface area contributed by atoms with E-state index in [1.165, 1.54) is 11.1 Å². The summed E-state index contributed by atoms with van der Waals surface area (Å²) in [6, 6.07) is 7.68. The topological polar surface area (TPSA) is 63.2 Å². The van der Waals surface area contributed by atoms with Crippen molar-refractivity contribution >= 4 is 21.9 Å². The number of aldehydes is 1. The van der Waals surface area contributed by atoms with E-state index < -0.39 is 15.3 Å². The van der Waals surface area contributed by atoms with E-state index in [9.17, 15) is 13.2 Å². The predicted molar refractivity (Wildman–Crippen MR) is 98.4 cm³/mol. The fraction of sp³-hybridized carbons (Fsp3) is 0.526. The maximum Gasteiger partial charge on any atom is 0.213 e. The van der Waals surface area contributed by atoms with E-state index in [1.807, 2.05) is 24.3 Å². The molecule has 1 aromatic rings. The number of sulfonamides is 1. The summed E-state index contributed by atoms with van der Waals surface area (Å²) in [7, 11) is -3.19. The van der Waals surface area contributed by atoms with Crippen LogP contribution in [-0.4, -0.2) is 26.5 Å². The third-order valence-electron chi connectivity index (χ3n) is 4.90. The van der Waals surface area contributed by atoms with Gasteiger partial charge in [-0.25, -0.2) is 13.1 Å². The van der Waals surface area contributed by atoms with Gasteiger partial charge in [0.25, 0.3) is 0 Å². The summed E-state index contributed by atoms with van der Waals surface area (Å²) in [5.74, 6) is 0.812. The Labute approximate surface area is 145 Å². The van der Waals surface area contributed by atoms with Crippen LogP contribution in [0.2, 0.25) is 0 Å². The molecule has 0 bridgehead atoms. The average Bonchev–Trinajstić information content (AvgIpc) is 2.60. The van der Waals surface area contributed by atoms with Crippen molar-refractivity contribution in [2.24, 2.45) is 11.8 Å². The SMILES string of the molecule is CC(CNS(=O)(=O)C(C)C)C1CC=C(c2ccc(C=O)cc2)CC1. The first-order valence-corrected chi connectivity index (χ1v) is 10.1. The van der Waals surface area contributed by atoms with E-state index >= 15 is 0 Å². The van der Waals surface area contributed by atoms with Crippen LogP contribution in [-0.2, 0) is 10.0 Å². The highest BCUT2D eigenvalue weighted by Gasteiger charge is 2.23. The highest BCUT2D eigenvalue weighted by molar-refractivity contribution is 7.90. The number of benzene rings is 1. The molecule has 0 heterocycles. The molecule has 1 aromatic carbocycles. The molecular formula is C19H27NO3S. The zero-order valence-electron chi connectivity index (χ0n) is 14.7. The van der Waals surface area contributed by atoms with Gasteiger partial charge in [-0.3, -0.25) is 4.79 Å². The van der Waals surface area contributed by atoms with Crippen molar-refractivity contribution in [3.63, 3.8) is 0 Å². The van der Waals surface area contributed by atoms with Crippen LogP contribution in [0.3, 0.4) is 0 Å². The highest BCUT2D eigenvalue weighted by atomic mass is 32.2. The second-order valence-corrected chi connectivity index (χ2v) is 9.24. The normalized spacial score (nSPS) is 19.8. The van der Waals surface area contributed by atoms with Gasteiger partial charge in [-0.1, -0.05) is 37.3 Å². The van der Waals surface area contributed by atoms with Gasteiger partial charge in [-0.15, -0.1) is 0 Å². The molecule has 0 spiro atoms. The lowest BCUT2D eigenvalue weighted by Crippen LogP contribution is -2.36. The molecule has 1 aliphatic rings. The second-order valence-electron chi connectivity index (χ2n) is 6.92. The number of carbonyl (C=O) groups is 1. The molecule has 2 unspecified atom stereocenters. The molecule has 5 heteroatoms. The molecule has 2 atom stereocenters. The summed E-state index contributed by atoms with van der Waals surface area (Å²) >= 11 is 0. The first-order chi connectivity index (χ1) is 11.3. The van der Waals surface area contributed by atoms with Crippen LogP contribution in [0, 0.1) is 11.8 Å². The average molecular weight is 349 g/mol. The molecule has 0 saturated carbocycles. The molecule has 2 rings (SSSR count). The molecule has 132 valence electrons. The largest absolute Gasteiger partial charge is 0.298 e. The minimum absolute atomic E-state index is 0.314. The van der Waals surface area contributed by atoms with Crippen molar-refractivity contribution in [2.75, 3.05) is 6.54 Å². The van der Waals surface area contributed by atoms with Gasteiger partial charge in [0.15, 0.2) is 0 Å². The fourth-order valence-electron chi connectivity index (χ4n) is 2.99. The lowest BCUT2D eigenvalue weighted by molar-refractivity contribution is 0.112. The van der Waals surface area contributed by atoms with E-state index in [0.29, 0.717) is 23.9 Å². The van der Waals surface area contributed by atoms with Gasteiger partial charge in [0.05, 0.1) is 5.25 Å². The summed E-state index contributed by atoms with van der Waals surface area (Å²) in [4.78, 5) is 10.7. The molecule has 1 N–H and O–H groups in total. The third kappa shape index (κ3) is 4.77. The Hall–Kier alpha value is -1.46. The Kier molecular flexibility index (Phi) is 6.35. The van der Waals surface area contributed by atoms with Crippen LogP contribution < -0.4 is 4.72 Å². The summed E-state index contributed by atoms with van der Waals surface area (Å²) in [5, 5.41) is -0.392. The van der Waals surface area contributed by atoms with Crippen molar-refractivity contribution in [2.45, 2.75) is 45.3 Å². The van der Waals surface area contributed by atoms with Crippen LogP contribution in [0.1, 0.15) is 56.0 Å². The first-order valence-electron chi connectivity index (χ1n) is 8.56. The Morgan fingerprint density at radius 3 is 2.38 bits per heavy atom. The summed E-state index contributed by atoms with van der Waals surface area (Å²) in [6.07, 6.45) is 6.14. The van der Waals surface area contributed by atoms with Crippen molar-refractivity contribution in [1.82, 2.24) is 4.72 Å². The molecule has 24 heavy (non-hydrogen) atoms. The molecule has 0 aromatic heterocycles. The number of hydrogen-bond donors (Lipinski definition) is 1. The van der Waals surface area contributed by atoms with Gasteiger partial charge >= 0.3 is 0 Å². The molecule has 0 saturated heterocycles. The smallest absolute Gasteiger partial charge is 0.213 e. The lowest BCUT2D eigenvalue weighted by atomic mass is 9.80. The van der Waals surface area contributed by atoms with Gasteiger partial charge in [-0.05, 0) is 56.1 Å². The number of nitrogens with one attached hydrogen (secondary N) is 1. The van der Waals surface area contributed by atoms with E-state index in [4.69, 9.17) is 0 Å². The quantitative estimate of drug-likeness (QED) is 0.764. The number of carbonyl (C=O) groups excluding carboxylic acids is 1. The Balaban J connectivity index is 1.92. The number of hydrogen-bond acceptors (Lipinski definition) is 3. The van der Waals surface area contributed by atoms with Crippen molar-refractivity contribution in [3.8, 4) is 0 Å².